The minimum Gasteiger partial charge on any atom is -0.330 e. The van der Waals surface area contributed by atoms with Crippen LogP contribution in [0.5, 0.6) is 0 Å². The van der Waals surface area contributed by atoms with E-state index >= 15 is 0 Å². The van der Waals surface area contributed by atoms with Crippen molar-refractivity contribution in [2.75, 3.05) is 11.9 Å². The number of amides is 1. The van der Waals surface area contributed by atoms with Crippen molar-refractivity contribution in [3.63, 3.8) is 0 Å². The van der Waals surface area contributed by atoms with E-state index in [0.29, 0.717) is 24.7 Å². The Bertz CT molecular complexity index is 362. The van der Waals surface area contributed by atoms with Crippen molar-refractivity contribution < 1.29 is 4.79 Å². The van der Waals surface area contributed by atoms with Crippen LogP contribution in [0.2, 0.25) is 0 Å². The Labute approximate surface area is 109 Å². The van der Waals surface area contributed by atoms with E-state index in [1.54, 1.807) is 0 Å². The summed E-state index contributed by atoms with van der Waals surface area (Å²) >= 11 is 0. The predicted octanol–water partition coefficient (Wildman–Crippen LogP) is 2.07. The summed E-state index contributed by atoms with van der Waals surface area (Å²) in [5, 5.41) is 9.72. The SMILES string of the molecule is CCc1cc(NC(=O)CCC(CC)CCN)n[nH]1. The van der Waals surface area contributed by atoms with Gasteiger partial charge >= 0.3 is 0 Å². The lowest BCUT2D eigenvalue weighted by Crippen LogP contribution is -2.15. The monoisotopic (exact) mass is 252 g/mol. The van der Waals surface area contributed by atoms with Gasteiger partial charge in [0.1, 0.15) is 0 Å². The maximum atomic E-state index is 11.7. The highest BCUT2D eigenvalue weighted by atomic mass is 16.1. The van der Waals surface area contributed by atoms with Gasteiger partial charge in [0.2, 0.25) is 5.91 Å². The van der Waals surface area contributed by atoms with Crippen LogP contribution in [0.4, 0.5) is 5.82 Å². The van der Waals surface area contributed by atoms with Gasteiger partial charge in [0.25, 0.3) is 0 Å². The molecule has 1 unspecified atom stereocenters. The lowest BCUT2D eigenvalue weighted by Gasteiger charge is -2.12. The van der Waals surface area contributed by atoms with Gasteiger partial charge in [0.05, 0.1) is 0 Å². The molecule has 0 saturated heterocycles. The molecule has 0 aliphatic carbocycles. The van der Waals surface area contributed by atoms with Crippen molar-refractivity contribution in [2.45, 2.75) is 46.0 Å². The molecule has 102 valence electrons. The van der Waals surface area contributed by atoms with E-state index in [2.05, 4.69) is 22.4 Å². The summed E-state index contributed by atoms with van der Waals surface area (Å²) < 4.78 is 0. The summed E-state index contributed by atoms with van der Waals surface area (Å²) in [6.45, 7) is 4.87. The van der Waals surface area contributed by atoms with Gasteiger partial charge in [-0.1, -0.05) is 20.3 Å². The molecule has 1 atom stereocenters. The third-order valence-corrected chi connectivity index (χ3v) is 3.21. The molecule has 0 fully saturated rings. The molecular weight excluding hydrogens is 228 g/mol. The highest BCUT2D eigenvalue weighted by molar-refractivity contribution is 5.89. The molecular formula is C13H24N4O. The van der Waals surface area contributed by atoms with E-state index in [-0.39, 0.29) is 5.91 Å². The maximum absolute atomic E-state index is 11.7. The number of carbonyl (C=O) groups is 1. The molecule has 1 heterocycles. The first-order valence-corrected chi connectivity index (χ1v) is 6.73. The molecule has 1 rings (SSSR count). The van der Waals surface area contributed by atoms with Gasteiger partial charge in [0.15, 0.2) is 5.82 Å². The quantitative estimate of drug-likeness (QED) is 0.662. The minimum atomic E-state index is 0.0274. The van der Waals surface area contributed by atoms with Gasteiger partial charge in [-0.25, -0.2) is 0 Å². The first-order valence-electron chi connectivity index (χ1n) is 6.73. The standard InChI is InChI=1S/C13H24N4O/c1-3-10(7-8-14)5-6-13(18)15-12-9-11(4-2)16-17-12/h9-10H,3-8,14H2,1-2H3,(H2,15,16,17,18). The number of hydrogen-bond acceptors (Lipinski definition) is 3. The zero-order chi connectivity index (χ0) is 13.4. The van der Waals surface area contributed by atoms with Crippen molar-refractivity contribution in [2.24, 2.45) is 11.7 Å². The van der Waals surface area contributed by atoms with Crippen LogP contribution < -0.4 is 11.1 Å². The van der Waals surface area contributed by atoms with Gasteiger partial charge < -0.3 is 11.1 Å². The van der Waals surface area contributed by atoms with Crippen LogP contribution in [0, 0.1) is 5.92 Å². The average Bonchev–Trinajstić information content (AvgIpc) is 2.82. The highest BCUT2D eigenvalue weighted by Gasteiger charge is 2.10. The number of aromatic nitrogens is 2. The van der Waals surface area contributed by atoms with Crippen molar-refractivity contribution in [1.29, 1.82) is 0 Å². The molecule has 0 spiro atoms. The van der Waals surface area contributed by atoms with Gasteiger partial charge in [-0.2, -0.15) is 5.10 Å². The Morgan fingerprint density at radius 3 is 2.83 bits per heavy atom. The number of nitrogens with zero attached hydrogens (tertiary/aromatic N) is 1. The molecule has 5 nitrogen and oxygen atoms in total. The lowest BCUT2D eigenvalue weighted by molar-refractivity contribution is -0.116. The Balaban J connectivity index is 2.32. The van der Waals surface area contributed by atoms with Crippen LogP contribution in [0.15, 0.2) is 6.07 Å². The van der Waals surface area contributed by atoms with E-state index in [4.69, 9.17) is 5.73 Å². The Morgan fingerprint density at radius 2 is 2.28 bits per heavy atom. The molecule has 0 aliphatic heterocycles. The molecule has 4 N–H and O–H groups in total. The van der Waals surface area contributed by atoms with E-state index in [1.807, 2.05) is 13.0 Å². The number of carbonyl (C=O) groups excluding carboxylic acids is 1. The van der Waals surface area contributed by atoms with Crippen LogP contribution in [-0.2, 0) is 11.2 Å². The molecule has 1 aromatic heterocycles. The van der Waals surface area contributed by atoms with E-state index in [0.717, 1.165) is 31.4 Å². The third-order valence-electron chi connectivity index (χ3n) is 3.21. The molecule has 0 bridgehead atoms. The van der Waals surface area contributed by atoms with E-state index in [9.17, 15) is 4.79 Å². The second-order valence-electron chi connectivity index (χ2n) is 4.57. The molecule has 1 aromatic rings. The van der Waals surface area contributed by atoms with Gasteiger partial charge in [-0.15, -0.1) is 0 Å². The van der Waals surface area contributed by atoms with Crippen molar-refractivity contribution in [3.8, 4) is 0 Å². The van der Waals surface area contributed by atoms with Gasteiger partial charge in [-0.3, -0.25) is 9.89 Å². The Kier molecular flexibility index (Phi) is 6.43. The van der Waals surface area contributed by atoms with E-state index in [1.165, 1.54) is 0 Å². The Morgan fingerprint density at radius 1 is 1.50 bits per heavy atom. The minimum absolute atomic E-state index is 0.0274. The normalized spacial score (nSPS) is 12.4. The number of aryl methyl sites for hydroxylation is 1. The summed E-state index contributed by atoms with van der Waals surface area (Å²) in [5.74, 6) is 1.19. The smallest absolute Gasteiger partial charge is 0.225 e. The number of hydrogen-bond donors (Lipinski definition) is 3. The van der Waals surface area contributed by atoms with Gasteiger partial charge in [0, 0.05) is 18.2 Å². The number of H-pyrrole nitrogens is 1. The predicted molar refractivity (Wildman–Crippen MR) is 73.3 cm³/mol. The second-order valence-corrected chi connectivity index (χ2v) is 4.57. The van der Waals surface area contributed by atoms with Crippen molar-refractivity contribution in [1.82, 2.24) is 10.2 Å². The third kappa shape index (κ3) is 4.87. The van der Waals surface area contributed by atoms with Crippen molar-refractivity contribution >= 4 is 11.7 Å². The summed E-state index contributed by atoms with van der Waals surface area (Å²) in [5.41, 5.74) is 6.57. The molecule has 0 radical (unpaired) electrons. The Hall–Kier alpha value is -1.36. The summed E-state index contributed by atoms with van der Waals surface area (Å²) in [4.78, 5) is 11.7. The summed E-state index contributed by atoms with van der Waals surface area (Å²) in [6, 6.07) is 1.87. The van der Waals surface area contributed by atoms with Crippen LogP contribution in [0.3, 0.4) is 0 Å². The fourth-order valence-electron chi connectivity index (χ4n) is 1.94. The van der Waals surface area contributed by atoms with Crippen LogP contribution in [0.25, 0.3) is 0 Å². The zero-order valence-electron chi connectivity index (χ0n) is 11.3. The topological polar surface area (TPSA) is 83.8 Å². The first kappa shape index (κ1) is 14.7. The summed E-state index contributed by atoms with van der Waals surface area (Å²) in [7, 11) is 0. The number of nitrogens with one attached hydrogen (secondary N) is 2. The molecule has 0 aliphatic rings. The molecule has 5 heteroatoms. The largest absolute Gasteiger partial charge is 0.330 e. The van der Waals surface area contributed by atoms with Crippen LogP contribution in [-0.4, -0.2) is 22.6 Å². The number of nitrogens with two attached hydrogens (primary N) is 1. The summed E-state index contributed by atoms with van der Waals surface area (Å²) in [6.07, 6.45) is 4.38. The van der Waals surface area contributed by atoms with Crippen LogP contribution in [0.1, 0.15) is 45.2 Å². The molecule has 0 saturated carbocycles. The highest BCUT2D eigenvalue weighted by Crippen LogP contribution is 2.15. The van der Waals surface area contributed by atoms with Crippen molar-refractivity contribution in [3.05, 3.63) is 11.8 Å². The lowest BCUT2D eigenvalue weighted by atomic mass is 9.96. The molecule has 1 amide bonds. The molecule has 0 aromatic carbocycles. The first-order chi connectivity index (χ1) is 8.69. The average molecular weight is 252 g/mol. The number of rotatable bonds is 8. The fourth-order valence-corrected chi connectivity index (χ4v) is 1.94. The fraction of sp³-hybridized carbons (Fsp3) is 0.692. The second kappa shape index (κ2) is 7.87. The van der Waals surface area contributed by atoms with Crippen LogP contribution >= 0.6 is 0 Å². The number of aromatic amines is 1. The number of anilines is 1. The van der Waals surface area contributed by atoms with Gasteiger partial charge in [-0.05, 0) is 31.7 Å². The van der Waals surface area contributed by atoms with E-state index < -0.39 is 0 Å². The zero-order valence-corrected chi connectivity index (χ0v) is 11.3. The molecule has 18 heavy (non-hydrogen) atoms. The maximum Gasteiger partial charge on any atom is 0.225 e.